The molecular weight excluding hydrogens is 368 g/mol. The summed E-state index contributed by atoms with van der Waals surface area (Å²) in [6.07, 6.45) is 2.69. The highest BCUT2D eigenvalue weighted by molar-refractivity contribution is 5.95. The van der Waals surface area contributed by atoms with E-state index in [0.717, 1.165) is 12.5 Å². The number of carbonyl (C=O) groups is 2. The van der Waals surface area contributed by atoms with Crippen molar-refractivity contribution in [3.05, 3.63) is 46.8 Å². The lowest BCUT2D eigenvalue weighted by molar-refractivity contribution is -0.138. The molecule has 1 aromatic carbocycles. The molecule has 150 valence electrons. The number of nitrogens with zero attached hydrogens (tertiary/aromatic N) is 2. The third-order valence-electron chi connectivity index (χ3n) is 5.53. The minimum absolute atomic E-state index is 0.0417. The molecule has 6 nitrogen and oxygen atoms in total. The first-order valence-corrected chi connectivity index (χ1v) is 9.41. The van der Waals surface area contributed by atoms with Crippen molar-refractivity contribution in [1.82, 2.24) is 15.1 Å². The Hall–Kier alpha value is -2.77. The molecule has 0 bridgehead atoms. The number of amides is 1. The van der Waals surface area contributed by atoms with Crippen LogP contribution < -0.4 is 5.32 Å². The fourth-order valence-electron chi connectivity index (χ4n) is 3.79. The van der Waals surface area contributed by atoms with Gasteiger partial charge < -0.3 is 10.4 Å². The highest BCUT2D eigenvalue weighted by atomic mass is 19.2. The number of rotatable bonds is 7. The highest BCUT2D eigenvalue weighted by Gasteiger charge is 2.35. The van der Waals surface area contributed by atoms with Crippen molar-refractivity contribution in [3.8, 4) is 5.69 Å². The summed E-state index contributed by atoms with van der Waals surface area (Å²) in [5.41, 5.74) is 0.610. The van der Waals surface area contributed by atoms with Crippen molar-refractivity contribution in [2.24, 2.45) is 0 Å². The zero-order valence-corrected chi connectivity index (χ0v) is 15.9. The molecule has 0 saturated heterocycles. The molecule has 1 heterocycles. The second-order valence-electron chi connectivity index (χ2n) is 7.12. The van der Waals surface area contributed by atoms with Crippen molar-refractivity contribution < 1.29 is 23.5 Å². The number of nitrogens with one attached hydrogen (secondary N) is 1. The zero-order chi connectivity index (χ0) is 20.5. The summed E-state index contributed by atoms with van der Waals surface area (Å²) >= 11 is 0. The Kier molecular flexibility index (Phi) is 5.49. The van der Waals surface area contributed by atoms with Crippen LogP contribution in [0.15, 0.2) is 18.2 Å². The Bertz CT molecular complexity index is 920. The predicted octanol–water partition coefficient (Wildman–Crippen LogP) is 3.40. The van der Waals surface area contributed by atoms with E-state index in [4.69, 9.17) is 0 Å². The molecule has 0 atom stereocenters. The molecule has 2 aromatic rings. The van der Waals surface area contributed by atoms with Gasteiger partial charge in [0, 0.05) is 11.3 Å². The molecule has 8 heteroatoms. The third kappa shape index (κ3) is 3.50. The van der Waals surface area contributed by atoms with Crippen molar-refractivity contribution in [2.75, 3.05) is 0 Å². The van der Waals surface area contributed by atoms with E-state index in [1.165, 1.54) is 16.8 Å². The van der Waals surface area contributed by atoms with E-state index in [1.54, 1.807) is 0 Å². The monoisotopic (exact) mass is 391 g/mol. The topological polar surface area (TPSA) is 84.2 Å². The Labute approximate surface area is 161 Å². The van der Waals surface area contributed by atoms with Crippen LogP contribution in [0.3, 0.4) is 0 Å². The van der Waals surface area contributed by atoms with Crippen molar-refractivity contribution in [3.63, 3.8) is 0 Å². The number of carbonyl (C=O) groups excluding carboxylic acids is 1. The van der Waals surface area contributed by atoms with Crippen LogP contribution in [0.2, 0.25) is 0 Å². The van der Waals surface area contributed by atoms with Gasteiger partial charge in [-0.2, -0.15) is 5.10 Å². The summed E-state index contributed by atoms with van der Waals surface area (Å²) in [7, 11) is 0. The molecule has 0 radical (unpaired) electrons. The third-order valence-corrected chi connectivity index (χ3v) is 5.53. The number of aromatic nitrogens is 2. The van der Waals surface area contributed by atoms with Gasteiger partial charge in [0.25, 0.3) is 5.91 Å². The summed E-state index contributed by atoms with van der Waals surface area (Å²) in [5, 5.41) is 16.3. The van der Waals surface area contributed by atoms with Crippen LogP contribution in [0.5, 0.6) is 0 Å². The summed E-state index contributed by atoms with van der Waals surface area (Å²) in [6, 6.07) is 3.83. The second-order valence-corrected chi connectivity index (χ2v) is 7.12. The molecule has 1 aliphatic rings. The van der Waals surface area contributed by atoms with Crippen LogP contribution in [-0.4, -0.2) is 32.3 Å². The fraction of sp³-hybridized carbons (Fsp3) is 0.450. The number of halogens is 2. The van der Waals surface area contributed by atoms with Crippen LogP contribution in [-0.2, 0) is 17.6 Å². The van der Waals surface area contributed by atoms with Gasteiger partial charge in [0.1, 0.15) is 5.69 Å². The molecule has 0 spiro atoms. The van der Waals surface area contributed by atoms with E-state index < -0.39 is 29.0 Å². The number of hydrogen-bond donors (Lipinski definition) is 2. The number of aliphatic carboxylic acids is 1. The van der Waals surface area contributed by atoms with Gasteiger partial charge in [0.15, 0.2) is 17.3 Å². The van der Waals surface area contributed by atoms with Gasteiger partial charge in [0.2, 0.25) is 0 Å². The average molecular weight is 391 g/mol. The molecule has 2 N–H and O–H groups in total. The molecule has 1 amide bonds. The number of benzene rings is 1. The number of hydrogen-bond acceptors (Lipinski definition) is 3. The maximum Gasteiger partial charge on any atom is 0.305 e. The number of carboxylic acids is 1. The number of carboxylic acid groups (broad SMARTS) is 1. The minimum atomic E-state index is -1.02. The molecule has 0 saturated carbocycles. The summed E-state index contributed by atoms with van der Waals surface area (Å²) in [5.74, 6) is -3.49. The quantitative estimate of drug-likeness (QED) is 0.758. The minimum Gasteiger partial charge on any atom is -0.481 e. The standard InChI is InChI=1S/C20H23F2N3O3/c1-3-20(4-2,11-16(26)27)23-19(28)18-12-7-5-9-14(12)25(24-18)15-10-6-8-13(21)17(15)22/h6,8,10H,3-5,7,9,11H2,1-2H3,(H,23,28)(H,26,27). The fourth-order valence-corrected chi connectivity index (χ4v) is 3.79. The summed E-state index contributed by atoms with van der Waals surface area (Å²) in [4.78, 5) is 24.2. The lowest BCUT2D eigenvalue weighted by atomic mass is 9.88. The first kappa shape index (κ1) is 20.0. The van der Waals surface area contributed by atoms with Gasteiger partial charge in [0.05, 0.1) is 12.0 Å². The molecular formula is C20H23F2N3O3. The van der Waals surface area contributed by atoms with Gasteiger partial charge in [-0.3, -0.25) is 9.59 Å². The molecule has 1 aliphatic carbocycles. The largest absolute Gasteiger partial charge is 0.481 e. The first-order chi connectivity index (χ1) is 13.3. The normalized spacial score (nSPS) is 13.4. The van der Waals surface area contributed by atoms with Gasteiger partial charge in [-0.1, -0.05) is 19.9 Å². The van der Waals surface area contributed by atoms with E-state index in [9.17, 15) is 23.5 Å². The Morgan fingerprint density at radius 3 is 2.61 bits per heavy atom. The van der Waals surface area contributed by atoms with Crippen LogP contribution in [0.25, 0.3) is 5.69 Å². The van der Waals surface area contributed by atoms with Crippen molar-refractivity contribution in [1.29, 1.82) is 0 Å². The van der Waals surface area contributed by atoms with E-state index in [0.29, 0.717) is 36.9 Å². The van der Waals surface area contributed by atoms with Crippen LogP contribution in [0.4, 0.5) is 8.78 Å². The Morgan fingerprint density at radius 1 is 1.25 bits per heavy atom. The molecule has 3 rings (SSSR count). The van der Waals surface area contributed by atoms with Crippen molar-refractivity contribution >= 4 is 11.9 Å². The Balaban J connectivity index is 2.00. The molecule has 0 unspecified atom stereocenters. The maximum atomic E-state index is 14.3. The zero-order valence-electron chi connectivity index (χ0n) is 15.9. The van der Waals surface area contributed by atoms with Crippen molar-refractivity contribution in [2.45, 2.75) is 57.9 Å². The van der Waals surface area contributed by atoms with E-state index in [2.05, 4.69) is 10.4 Å². The first-order valence-electron chi connectivity index (χ1n) is 9.41. The average Bonchev–Trinajstić information content (AvgIpc) is 3.25. The van der Waals surface area contributed by atoms with Gasteiger partial charge in [-0.15, -0.1) is 0 Å². The van der Waals surface area contributed by atoms with Crippen LogP contribution in [0.1, 0.15) is 61.3 Å². The SMILES string of the molecule is CCC(CC)(CC(=O)O)NC(=O)c1nn(-c2cccc(F)c2F)c2c1CCC2. The highest BCUT2D eigenvalue weighted by Crippen LogP contribution is 2.30. The lowest BCUT2D eigenvalue weighted by Gasteiger charge is -2.31. The molecule has 0 aliphatic heterocycles. The Morgan fingerprint density at radius 2 is 1.96 bits per heavy atom. The number of fused-ring (bicyclic) bond motifs is 1. The van der Waals surface area contributed by atoms with E-state index in [-0.39, 0.29) is 17.8 Å². The van der Waals surface area contributed by atoms with E-state index >= 15 is 0 Å². The van der Waals surface area contributed by atoms with Crippen LogP contribution in [0, 0.1) is 11.6 Å². The summed E-state index contributed by atoms with van der Waals surface area (Å²) < 4.78 is 29.3. The van der Waals surface area contributed by atoms with Crippen LogP contribution >= 0.6 is 0 Å². The smallest absolute Gasteiger partial charge is 0.305 e. The molecule has 1 aromatic heterocycles. The van der Waals surface area contributed by atoms with Gasteiger partial charge in [-0.25, -0.2) is 13.5 Å². The second kappa shape index (κ2) is 7.69. The van der Waals surface area contributed by atoms with E-state index in [1.807, 2.05) is 13.8 Å². The lowest BCUT2D eigenvalue weighted by Crippen LogP contribution is -2.49. The summed E-state index contributed by atoms with van der Waals surface area (Å²) in [6.45, 7) is 3.63. The van der Waals surface area contributed by atoms with Gasteiger partial charge >= 0.3 is 5.97 Å². The maximum absolute atomic E-state index is 14.3. The predicted molar refractivity (Wildman–Crippen MR) is 98.5 cm³/mol. The molecule has 0 fully saturated rings. The molecule has 28 heavy (non-hydrogen) atoms. The van der Waals surface area contributed by atoms with Gasteiger partial charge in [-0.05, 0) is 44.2 Å².